The van der Waals surface area contributed by atoms with Gasteiger partial charge < -0.3 is 10.2 Å². The van der Waals surface area contributed by atoms with Gasteiger partial charge in [0, 0.05) is 19.1 Å². The van der Waals surface area contributed by atoms with Crippen LogP contribution in [0.25, 0.3) is 0 Å². The molecule has 2 unspecified atom stereocenters. The highest BCUT2D eigenvalue weighted by Gasteiger charge is 2.47. The van der Waals surface area contributed by atoms with Crippen LogP contribution in [0.2, 0.25) is 0 Å². The molecule has 0 spiro atoms. The fourth-order valence-corrected chi connectivity index (χ4v) is 2.10. The maximum Gasteiger partial charge on any atom is 0.522 e. The van der Waals surface area contributed by atoms with Crippen LogP contribution in [-0.4, -0.2) is 56.8 Å². The maximum atomic E-state index is 12.6. The Morgan fingerprint density at radius 1 is 1.21 bits per heavy atom. The van der Waals surface area contributed by atoms with Crippen molar-refractivity contribution in [2.24, 2.45) is 5.92 Å². The molecule has 1 saturated heterocycles. The molecule has 1 fully saturated rings. The van der Waals surface area contributed by atoms with Gasteiger partial charge in [-0.1, -0.05) is 0 Å². The normalized spacial score (nSPS) is 25.3. The first-order valence-corrected chi connectivity index (χ1v) is 5.79. The molecule has 0 aliphatic carbocycles. The van der Waals surface area contributed by atoms with E-state index in [2.05, 4.69) is 10.1 Å². The van der Waals surface area contributed by atoms with Gasteiger partial charge in [0.05, 0.1) is 12.5 Å². The molecule has 2 atom stereocenters. The van der Waals surface area contributed by atoms with Crippen LogP contribution in [0.4, 0.5) is 26.3 Å². The van der Waals surface area contributed by atoms with Crippen LogP contribution in [0.5, 0.6) is 0 Å². The van der Waals surface area contributed by atoms with Crippen molar-refractivity contribution in [2.75, 3.05) is 33.3 Å². The highest BCUT2D eigenvalue weighted by atomic mass is 19.4. The molecule has 3 nitrogen and oxygen atoms in total. The van der Waals surface area contributed by atoms with Crippen molar-refractivity contribution in [1.29, 1.82) is 0 Å². The van der Waals surface area contributed by atoms with E-state index in [9.17, 15) is 26.3 Å². The summed E-state index contributed by atoms with van der Waals surface area (Å²) in [5.41, 5.74) is 0. The van der Waals surface area contributed by atoms with Crippen molar-refractivity contribution in [2.45, 2.75) is 25.0 Å². The van der Waals surface area contributed by atoms with Crippen LogP contribution >= 0.6 is 0 Å². The maximum absolute atomic E-state index is 12.6. The fraction of sp³-hybridized carbons (Fsp3) is 1.00. The molecule has 114 valence electrons. The summed E-state index contributed by atoms with van der Waals surface area (Å²) in [7, 11) is 1.47. The minimum atomic E-state index is -4.71. The van der Waals surface area contributed by atoms with Crippen LogP contribution in [0.15, 0.2) is 0 Å². The molecule has 1 N–H and O–H groups in total. The lowest BCUT2D eigenvalue weighted by atomic mass is 10.00. The molecule has 9 heteroatoms. The Morgan fingerprint density at radius 3 is 2.37 bits per heavy atom. The molecule has 0 aromatic carbocycles. The predicted molar refractivity (Wildman–Crippen MR) is 55.5 cm³/mol. The van der Waals surface area contributed by atoms with Crippen molar-refractivity contribution in [3.05, 3.63) is 0 Å². The van der Waals surface area contributed by atoms with Crippen molar-refractivity contribution >= 4 is 0 Å². The first-order valence-electron chi connectivity index (χ1n) is 5.79. The van der Waals surface area contributed by atoms with Crippen LogP contribution in [0.1, 0.15) is 6.42 Å². The largest absolute Gasteiger partial charge is 0.522 e. The van der Waals surface area contributed by atoms with Crippen molar-refractivity contribution in [1.82, 2.24) is 10.2 Å². The molecule has 0 aromatic rings. The first kappa shape index (κ1) is 16.5. The monoisotopic (exact) mass is 294 g/mol. The van der Waals surface area contributed by atoms with Gasteiger partial charge in [-0.3, -0.25) is 4.74 Å². The summed E-state index contributed by atoms with van der Waals surface area (Å²) in [5, 5.41) is 2.73. The van der Waals surface area contributed by atoms with Gasteiger partial charge in [0.2, 0.25) is 0 Å². The highest BCUT2D eigenvalue weighted by molar-refractivity contribution is 4.89. The third-order valence-corrected chi connectivity index (χ3v) is 3.02. The molecule has 0 radical (unpaired) electrons. The zero-order valence-corrected chi connectivity index (χ0v) is 10.3. The van der Waals surface area contributed by atoms with Crippen molar-refractivity contribution in [3.8, 4) is 0 Å². The fourth-order valence-electron chi connectivity index (χ4n) is 2.10. The second kappa shape index (κ2) is 6.27. The van der Waals surface area contributed by atoms with Gasteiger partial charge in [0.15, 0.2) is 0 Å². The van der Waals surface area contributed by atoms with E-state index < -0.39 is 31.1 Å². The number of halogens is 6. The van der Waals surface area contributed by atoms with E-state index in [4.69, 9.17) is 0 Å². The third kappa shape index (κ3) is 5.96. The molecule has 19 heavy (non-hydrogen) atoms. The number of hydrogen-bond donors (Lipinski definition) is 1. The molecule has 1 aliphatic heterocycles. The summed E-state index contributed by atoms with van der Waals surface area (Å²) >= 11 is 0. The second-order valence-corrected chi connectivity index (χ2v) is 4.55. The van der Waals surface area contributed by atoms with Crippen molar-refractivity contribution < 1.29 is 31.1 Å². The molecule has 0 saturated carbocycles. The third-order valence-electron chi connectivity index (χ3n) is 3.02. The number of ether oxygens (including phenoxy) is 1. The van der Waals surface area contributed by atoms with Gasteiger partial charge in [-0.05, 0) is 20.0 Å². The zero-order chi connectivity index (χ0) is 14.7. The lowest BCUT2D eigenvalue weighted by molar-refractivity contribution is -0.324. The standard InChI is InChI=1S/C10H16F6N2O/c1-18(4-5-19-10(14,15)16)6-8-7(2-3-17-8)9(11,12)13/h7-8,17H,2-6H2,1H3. The SMILES string of the molecule is CN(CCOC(F)(F)F)CC1NCCC1C(F)(F)F. The molecular formula is C10H16F6N2O. The quantitative estimate of drug-likeness (QED) is 0.785. The van der Waals surface area contributed by atoms with Crippen molar-refractivity contribution in [3.63, 3.8) is 0 Å². The summed E-state index contributed by atoms with van der Waals surface area (Å²) in [6, 6.07) is -0.782. The predicted octanol–water partition coefficient (Wildman–Crippen LogP) is 2.00. The first-order chi connectivity index (χ1) is 8.59. The van der Waals surface area contributed by atoms with E-state index in [1.54, 1.807) is 0 Å². The topological polar surface area (TPSA) is 24.5 Å². The Morgan fingerprint density at radius 2 is 1.84 bits per heavy atom. The zero-order valence-electron chi connectivity index (χ0n) is 10.3. The Hall–Kier alpha value is -0.540. The van der Waals surface area contributed by atoms with Gasteiger partial charge in [0.1, 0.15) is 0 Å². The van der Waals surface area contributed by atoms with E-state index >= 15 is 0 Å². The molecule has 1 aliphatic rings. The second-order valence-electron chi connectivity index (χ2n) is 4.55. The van der Waals surface area contributed by atoms with Gasteiger partial charge in [-0.2, -0.15) is 13.2 Å². The Balaban J connectivity index is 2.33. The van der Waals surface area contributed by atoms with Crippen LogP contribution < -0.4 is 5.32 Å². The number of rotatable bonds is 5. The number of alkyl halides is 6. The molecule has 1 rings (SSSR count). The van der Waals surface area contributed by atoms with E-state index in [-0.39, 0.29) is 26.1 Å². The van der Waals surface area contributed by atoms with E-state index in [0.29, 0.717) is 0 Å². The Labute approximate surface area is 106 Å². The molecule has 0 bridgehead atoms. The van der Waals surface area contributed by atoms with E-state index in [0.717, 1.165) is 0 Å². The van der Waals surface area contributed by atoms with Crippen LogP contribution in [0.3, 0.4) is 0 Å². The molecule has 0 aromatic heterocycles. The molecule has 0 amide bonds. The summed E-state index contributed by atoms with van der Waals surface area (Å²) < 4.78 is 76.7. The average molecular weight is 294 g/mol. The van der Waals surface area contributed by atoms with Gasteiger partial charge in [-0.25, -0.2) is 0 Å². The van der Waals surface area contributed by atoms with Gasteiger partial charge >= 0.3 is 12.5 Å². The van der Waals surface area contributed by atoms with E-state index in [1.807, 2.05) is 0 Å². The summed E-state index contributed by atoms with van der Waals surface area (Å²) in [6.45, 7) is -0.376. The highest BCUT2D eigenvalue weighted by Crippen LogP contribution is 2.34. The smallest absolute Gasteiger partial charge is 0.312 e. The van der Waals surface area contributed by atoms with Gasteiger partial charge in [-0.15, -0.1) is 13.2 Å². The lowest BCUT2D eigenvalue weighted by Crippen LogP contribution is -2.44. The number of likely N-dealkylation sites (N-methyl/N-ethyl adjacent to an activating group) is 1. The summed E-state index contributed by atoms with van der Waals surface area (Å²) in [4.78, 5) is 1.40. The van der Waals surface area contributed by atoms with Crippen LogP contribution in [-0.2, 0) is 4.74 Å². The lowest BCUT2D eigenvalue weighted by Gasteiger charge is -2.26. The van der Waals surface area contributed by atoms with E-state index in [1.165, 1.54) is 11.9 Å². The Bertz CT molecular complexity index is 280. The van der Waals surface area contributed by atoms with Crippen LogP contribution in [0, 0.1) is 5.92 Å². The number of hydrogen-bond acceptors (Lipinski definition) is 3. The number of nitrogens with one attached hydrogen (secondary N) is 1. The minimum absolute atomic E-state index is 0.00105. The summed E-state index contributed by atoms with van der Waals surface area (Å²) in [5.74, 6) is -1.45. The van der Waals surface area contributed by atoms with Gasteiger partial charge in [0.25, 0.3) is 0 Å². The summed E-state index contributed by atoms with van der Waals surface area (Å²) in [6.07, 6.45) is -8.99. The average Bonchev–Trinajstić information content (AvgIpc) is 2.62. The Kier molecular flexibility index (Phi) is 5.45. The number of nitrogens with zero attached hydrogens (tertiary/aromatic N) is 1. The molecular weight excluding hydrogens is 278 g/mol. The minimum Gasteiger partial charge on any atom is -0.312 e. The molecule has 1 heterocycles.